The van der Waals surface area contributed by atoms with Crippen LogP contribution in [-0.2, 0) is 6.54 Å². The second-order valence-corrected chi connectivity index (χ2v) is 3.88. The van der Waals surface area contributed by atoms with Gasteiger partial charge in [-0.1, -0.05) is 0 Å². The van der Waals surface area contributed by atoms with E-state index in [1.165, 1.54) is 12.4 Å². The normalized spacial score (nSPS) is 10.1. The van der Waals surface area contributed by atoms with Crippen LogP contribution in [0.15, 0.2) is 36.8 Å². The van der Waals surface area contributed by atoms with E-state index in [0.29, 0.717) is 12.1 Å². The van der Waals surface area contributed by atoms with Crippen LogP contribution in [0.4, 0.5) is 0 Å². The van der Waals surface area contributed by atoms with Gasteiger partial charge in [0, 0.05) is 11.8 Å². The van der Waals surface area contributed by atoms with Gasteiger partial charge in [0.1, 0.15) is 12.1 Å². The molecule has 18 heavy (non-hydrogen) atoms. The molecule has 0 fully saturated rings. The van der Waals surface area contributed by atoms with Crippen LogP contribution < -0.4 is 5.32 Å². The topological polar surface area (TPSA) is 75.1 Å². The largest absolute Gasteiger partial charge is 0.508 e. The molecule has 1 amide bonds. The van der Waals surface area contributed by atoms with Crippen molar-refractivity contribution in [3.8, 4) is 5.75 Å². The van der Waals surface area contributed by atoms with Gasteiger partial charge in [0.05, 0.1) is 12.2 Å². The summed E-state index contributed by atoms with van der Waals surface area (Å²) in [5, 5.41) is 12.0. The molecule has 0 unspecified atom stereocenters. The molecule has 0 bridgehead atoms. The summed E-state index contributed by atoms with van der Waals surface area (Å²) in [5.74, 6) is -0.0361. The molecule has 0 spiro atoms. The van der Waals surface area contributed by atoms with E-state index < -0.39 is 0 Å². The van der Waals surface area contributed by atoms with Gasteiger partial charge in [-0.25, -0.2) is 9.97 Å². The number of phenolic OH excluding ortho intramolecular Hbond substituents is 1. The van der Waals surface area contributed by atoms with Crippen LogP contribution >= 0.6 is 0 Å². The number of aryl methyl sites for hydroxylation is 1. The summed E-state index contributed by atoms with van der Waals surface area (Å²) < 4.78 is 0. The first kappa shape index (κ1) is 12.0. The number of rotatable bonds is 3. The van der Waals surface area contributed by atoms with E-state index in [1.807, 2.05) is 0 Å². The average Bonchev–Trinajstić information content (AvgIpc) is 2.37. The van der Waals surface area contributed by atoms with Crippen molar-refractivity contribution in [1.29, 1.82) is 0 Å². The SMILES string of the molecule is Cc1cc(O)ccc1C(=O)NCc1ccncn1. The zero-order chi connectivity index (χ0) is 13.0. The monoisotopic (exact) mass is 243 g/mol. The van der Waals surface area contributed by atoms with Crippen molar-refractivity contribution in [2.45, 2.75) is 13.5 Å². The van der Waals surface area contributed by atoms with Gasteiger partial charge >= 0.3 is 0 Å². The molecule has 0 saturated heterocycles. The summed E-state index contributed by atoms with van der Waals surface area (Å²) in [6.45, 7) is 2.13. The highest BCUT2D eigenvalue weighted by Crippen LogP contribution is 2.15. The van der Waals surface area contributed by atoms with Crippen molar-refractivity contribution in [3.05, 3.63) is 53.6 Å². The Hall–Kier alpha value is -2.43. The summed E-state index contributed by atoms with van der Waals surface area (Å²) in [7, 11) is 0. The summed E-state index contributed by atoms with van der Waals surface area (Å²) in [5.41, 5.74) is 2.02. The second-order valence-electron chi connectivity index (χ2n) is 3.88. The van der Waals surface area contributed by atoms with E-state index in [0.717, 1.165) is 11.3 Å². The minimum Gasteiger partial charge on any atom is -0.508 e. The van der Waals surface area contributed by atoms with Crippen LogP contribution in [-0.4, -0.2) is 21.0 Å². The second kappa shape index (κ2) is 5.27. The van der Waals surface area contributed by atoms with Crippen LogP contribution in [0.5, 0.6) is 5.75 Å². The zero-order valence-corrected chi connectivity index (χ0v) is 9.92. The fraction of sp³-hybridized carbons (Fsp3) is 0.154. The smallest absolute Gasteiger partial charge is 0.251 e. The molecule has 1 aromatic heterocycles. The lowest BCUT2D eigenvalue weighted by Crippen LogP contribution is -2.24. The highest BCUT2D eigenvalue weighted by molar-refractivity contribution is 5.95. The number of nitrogens with zero attached hydrogens (tertiary/aromatic N) is 2. The lowest BCUT2D eigenvalue weighted by molar-refractivity contribution is 0.0950. The fourth-order valence-corrected chi connectivity index (χ4v) is 1.59. The van der Waals surface area contributed by atoms with E-state index in [4.69, 9.17) is 0 Å². The average molecular weight is 243 g/mol. The van der Waals surface area contributed by atoms with Crippen LogP contribution in [0, 0.1) is 6.92 Å². The lowest BCUT2D eigenvalue weighted by Gasteiger charge is -2.07. The minimum atomic E-state index is -0.189. The van der Waals surface area contributed by atoms with Gasteiger partial charge in [0.2, 0.25) is 0 Å². The Morgan fingerprint density at radius 2 is 2.22 bits per heavy atom. The molecular formula is C13H13N3O2. The maximum absolute atomic E-state index is 11.9. The number of hydrogen-bond donors (Lipinski definition) is 2. The molecule has 0 atom stereocenters. The molecule has 0 saturated carbocycles. The Bertz CT molecular complexity index is 555. The Kier molecular flexibility index (Phi) is 3.52. The number of aromatic hydroxyl groups is 1. The van der Waals surface area contributed by atoms with Crippen LogP contribution in [0.3, 0.4) is 0 Å². The van der Waals surface area contributed by atoms with Crippen LogP contribution in [0.2, 0.25) is 0 Å². The molecule has 0 aliphatic rings. The van der Waals surface area contributed by atoms with Gasteiger partial charge in [0.25, 0.3) is 5.91 Å². The molecule has 0 aliphatic carbocycles. The quantitative estimate of drug-likeness (QED) is 0.855. The van der Waals surface area contributed by atoms with Gasteiger partial charge in [-0.3, -0.25) is 4.79 Å². The first-order valence-corrected chi connectivity index (χ1v) is 5.49. The number of carbonyl (C=O) groups excluding carboxylic acids is 1. The maximum atomic E-state index is 11.9. The van der Waals surface area contributed by atoms with Gasteiger partial charge < -0.3 is 10.4 Å². The number of aromatic nitrogens is 2. The Balaban J connectivity index is 2.04. The van der Waals surface area contributed by atoms with Crippen molar-refractivity contribution in [2.24, 2.45) is 0 Å². The molecule has 2 N–H and O–H groups in total. The van der Waals surface area contributed by atoms with Gasteiger partial charge in [-0.2, -0.15) is 0 Å². The number of carbonyl (C=O) groups is 1. The first-order valence-electron chi connectivity index (χ1n) is 5.49. The minimum absolute atomic E-state index is 0.153. The number of benzene rings is 1. The lowest BCUT2D eigenvalue weighted by atomic mass is 10.1. The van der Waals surface area contributed by atoms with Crippen molar-refractivity contribution < 1.29 is 9.90 Å². The summed E-state index contributed by atoms with van der Waals surface area (Å²) in [4.78, 5) is 19.7. The summed E-state index contributed by atoms with van der Waals surface area (Å²) in [6, 6.07) is 6.39. The van der Waals surface area contributed by atoms with E-state index in [9.17, 15) is 9.90 Å². The first-order chi connectivity index (χ1) is 8.66. The summed E-state index contributed by atoms with van der Waals surface area (Å²) in [6.07, 6.45) is 3.06. The van der Waals surface area contributed by atoms with Gasteiger partial charge in [-0.05, 0) is 36.8 Å². The van der Waals surface area contributed by atoms with E-state index >= 15 is 0 Å². The molecule has 92 valence electrons. The third-order valence-corrected chi connectivity index (χ3v) is 2.53. The van der Waals surface area contributed by atoms with Gasteiger partial charge in [0.15, 0.2) is 0 Å². The number of hydrogen-bond acceptors (Lipinski definition) is 4. The zero-order valence-electron chi connectivity index (χ0n) is 9.92. The van der Waals surface area contributed by atoms with Gasteiger partial charge in [-0.15, -0.1) is 0 Å². The van der Waals surface area contributed by atoms with E-state index in [1.54, 1.807) is 31.3 Å². The molecule has 5 nitrogen and oxygen atoms in total. The number of phenols is 1. The number of amides is 1. The fourth-order valence-electron chi connectivity index (χ4n) is 1.59. The third kappa shape index (κ3) is 2.82. The Labute approximate surface area is 105 Å². The van der Waals surface area contributed by atoms with Crippen LogP contribution in [0.1, 0.15) is 21.6 Å². The Morgan fingerprint density at radius 1 is 1.39 bits per heavy atom. The molecule has 2 aromatic rings. The standard InChI is InChI=1S/C13H13N3O2/c1-9-6-11(17)2-3-12(9)13(18)15-7-10-4-5-14-8-16-10/h2-6,8,17H,7H2,1H3,(H,15,18). The highest BCUT2D eigenvalue weighted by atomic mass is 16.3. The predicted molar refractivity (Wildman–Crippen MR) is 66.0 cm³/mol. The molecule has 5 heteroatoms. The van der Waals surface area contributed by atoms with E-state index in [-0.39, 0.29) is 11.7 Å². The molecule has 0 aliphatic heterocycles. The van der Waals surface area contributed by atoms with Crippen molar-refractivity contribution >= 4 is 5.91 Å². The van der Waals surface area contributed by atoms with Crippen molar-refractivity contribution in [1.82, 2.24) is 15.3 Å². The highest BCUT2D eigenvalue weighted by Gasteiger charge is 2.09. The molecule has 2 rings (SSSR count). The van der Waals surface area contributed by atoms with Crippen molar-refractivity contribution in [3.63, 3.8) is 0 Å². The molecular weight excluding hydrogens is 230 g/mol. The summed E-state index contributed by atoms with van der Waals surface area (Å²) >= 11 is 0. The maximum Gasteiger partial charge on any atom is 0.251 e. The number of nitrogens with one attached hydrogen (secondary N) is 1. The molecule has 1 heterocycles. The van der Waals surface area contributed by atoms with Crippen molar-refractivity contribution in [2.75, 3.05) is 0 Å². The molecule has 1 aromatic carbocycles. The third-order valence-electron chi connectivity index (χ3n) is 2.53. The molecule has 0 radical (unpaired) electrons. The Morgan fingerprint density at radius 3 is 2.89 bits per heavy atom. The van der Waals surface area contributed by atoms with Crippen LogP contribution in [0.25, 0.3) is 0 Å². The predicted octanol–water partition coefficient (Wildman–Crippen LogP) is 1.42. The van der Waals surface area contributed by atoms with E-state index in [2.05, 4.69) is 15.3 Å².